The molecule has 0 amide bonds. The number of hydrogen-bond donors (Lipinski definition) is 5. The number of aromatic hydroxyl groups is 2. The van der Waals surface area contributed by atoms with E-state index in [0.29, 0.717) is 71.8 Å². The van der Waals surface area contributed by atoms with Crippen LogP contribution in [0.3, 0.4) is 0 Å². The third-order valence-corrected chi connectivity index (χ3v) is 18.4. The van der Waals surface area contributed by atoms with Crippen molar-refractivity contribution in [2.45, 2.75) is 155 Å². The number of anilines is 4. The number of aromatic nitrogens is 10. The predicted molar refractivity (Wildman–Crippen MR) is 464 cm³/mol. The number of oxime groups is 1. The van der Waals surface area contributed by atoms with Crippen molar-refractivity contribution in [3.8, 4) is 106 Å². The van der Waals surface area contributed by atoms with Gasteiger partial charge in [0.05, 0.1) is 114 Å². The molecule has 0 fully saturated rings. The van der Waals surface area contributed by atoms with Crippen LogP contribution in [0, 0.1) is 90.6 Å². The highest BCUT2D eigenvalue weighted by molar-refractivity contribution is 6.03. The number of rotatable bonds is 28. The summed E-state index contributed by atoms with van der Waals surface area (Å²) in [4.78, 5) is 6.39. The highest BCUT2D eigenvalue weighted by atomic mass is 16.5. The molecule has 7 N–H and O–H groups in total. The van der Waals surface area contributed by atoms with Gasteiger partial charge >= 0.3 is 0 Å². The van der Waals surface area contributed by atoms with Crippen molar-refractivity contribution in [3.05, 3.63) is 195 Å². The molecule has 0 bridgehead atoms. The standard InChI is InChI=1S/C17H22N4O.C16H23N5O2.C16H20N4O.C16H19N3O.C13H14N4O.C8H10N2O.C3H2N2/c1-5-16-15(12-18)17(20(6-2)7-3)21(19-16)13-8-10-14(22-4)11-9-13;1-4-13-14(15(17)19-23)16(20(5-2)6-3)21(18-13)11-7-9-12(22)10-8-11;1-4-15-14(11-17)16(19(5-2)6-3)20(18-15)12-7-9-13(21)10-8-12;1-4-6-16-14(11-17)15(5-2)18-19(16)12-7-9-13(20-3)10-8-12;1-3-12-11(8-14)13(15)17(16-12)9-4-6-10(18-2)7-5-9;1-3-8(11-4-2)7(5-9)6-10;4-2-1-3-5/h8-11H,5-7H2,1-4H3;7-10,22-23H,4-6H2,1-3H3,(H2,17,19);7-10,21H,4-6H2,1-3H3;7-10H,4-6H2,1-3H3;4-7H,3,15H2,1-2H3;3-4H2,1-2H3;1H2. The minimum atomic E-state index is 0. The lowest BCUT2D eigenvalue weighted by Gasteiger charge is -2.23. The second-order valence-corrected chi connectivity index (χ2v) is 25.4. The summed E-state index contributed by atoms with van der Waals surface area (Å²) in [5, 5.41) is 124. The molecule has 0 saturated heterocycles. The number of phenols is 2. The van der Waals surface area contributed by atoms with Crippen molar-refractivity contribution in [1.82, 2.24) is 48.9 Å². The smallest absolute Gasteiger partial charge is 0.175 e. The Bertz CT molecular complexity index is 5270. The minimum Gasteiger partial charge on any atom is -0.508 e. The minimum absolute atomic E-state index is 0. The number of ether oxygens (including phenoxy) is 4. The molecule has 0 saturated carbocycles. The lowest BCUT2D eigenvalue weighted by atomic mass is 10.1. The Hall–Kier alpha value is -14.9. The fourth-order valence-electron chi connectivity index (χ4n) is 12.3. The Morgan fingerprint density at radius 2 is 0.725 bits per heavy atom. The van der Waals surface area contributed by atoms with Crippen molar-refractivity contribution in [1.29, 1.82) is 42.1 Å². The number of amidine groups is 1. The van der Waals surface area contributed by atoms with Crippen molar-refractivity contribution in [2.75, 3.05) is 87.6 Å². The zero-order valence-electron chi connectivity index (χ0n) is 71.8. The van der Waals surface area contributed by atoms with Crippen LogP contribution in [0.1, 0.15) is 178 Å². The maximum Gasteiger partial charge on any atom is 0.175 e. The fraction of sp³-hybridized carbons (Fsp3) is 0.371. The zero-order chi connectivity index (χ0) is 89.0. The van der Waals surface area contributed by atoms with Crippen LogP contribution in [-0.4, -0.2) is 137 Å². The molecule has 10 aromatic rings. The second kappa shape index (κ2) is 51.1. The molecule has 0 aliphatic carbocycles. The van der Waals surface area contributed by atoms with Gasteiger partial charge in [0.25, 0.3) is 0 Å². The molecule has 628 valence electrons. The normalized spacial score (nSPS) is 10.1. The summed E-state index contributed by atoms with van der Waals surface area (Å²) < 4.78 is 29.4. The molecule has 0 unspecified atom stereocenters. The van der Waals surface area contributed by atoms with Gasteiger partial charge in [0.2, 0.25) is 0 Å². The van der Waals surface area contributed by atoms with Gasteiger partial charge in [-0.05, 0) is 208 Å². The van der Waals surface area contributed by atoms with E-state index in [9.17, 15) is 26.0 Å². The van der Waals surface area contributed by atoms with Crippen LogP contribution in [0.5, 0.6) is 28.7 Å². The van der Waals surface area contributed by atoms with Crippen LogP contribution in [0.2, 0.25) is 0 Å². The molecule has 0 atom stereocenters. The second-order valence-electron chi connectivity index (χ2n) is 25.4. The summed E-state index contributed by atoms with van der Waals surface area (Å²) in [5.74, 6) is 6.17. The average Bonchev–Trinajstić information content (AvgIpc) is 1.63. The Morgan fingerprint density at radius 3 is 1.02 bits per heavy atom. The first-order chi connectivity index (χ1) is 58.1. The van der Waals surface area contributed by atoms with E-state index in [1.165, 1.54) is 0 Å². The first-order valence-electron chi connectivity index (χ1n) is 39.7. The highest BCUT2D eigenvalue weighted by Crippen LogP contribution is 2.33. The summed E-state index contributed by atoms with van der Waals surface area (Å²) in [6.07, 6.45) is 5.97. The van der Waals surface area contributed by atoms with Gasteiger partial charge < -0.3 is 60.5 Å². The molecule has 5 heterocycles. The van der Waals surface area contributed by atoms with Crippen LogP contribution in [0.25, 0.3) is 28.4 Å². The molecule has 5 aromatic heterocycles. The Kier molecular flexibility index (Phi) is 41.5. The van der Waals surface area contributed by atoms with E-state index in [1.54, 1.807) is 108 Å². The van der Waals surface area contributed by atoms with Crippen LogP contribution in [-0.2, 0) is 43.3 Å². The number of nitrogens with two attached hydrogens (primary N) is 2. The number of methoxy groups -OCH3 is 3. The number of nitrogens with zero attached hydrogens (tertiary/aromatic N) is 22. The lowest BCUT2D eigenvalue weighted by molar-refractivity contribution is 0.219. The number of phenolic OH excluding ortho intramolecular Hbond substituents is 2. The third kappa shape index (κ3) is 25.0. The van der Waals surface area contributed by atoms with Crippen molar-refractivity contribution < 1.29 is 34.4 Å². The molecule has 31 nitrogen and oxygen atoms in total. The number of hydrogen-bond acceptors (Lipinski definition) is 25. The topological polar surface area (TPSA) is 451 Å². The van der Waals surface area contributed by atoms with Crippen LogP contribution < -0.4 is 40.4 Å². The first-order valence-corrected chi connectivity index (χ1v) is 39.7. The summed E-state index contributed by atoms with van der Waals surface area (Å²) in [7, 11) is 4.90. The van der Waals surface area contributed by atoms with Crippen LogP contribution in [0.4, 0.5) is 23.3 Å². The Balaban J connectivity index is 0.000000302. The third-order valence-electron chi connectivity index (χ3n) is 18.4. The molecule has 0 aliphatic rings. The number of allylic oxidation sites excluding steroid dienone is 2. The van der Waals surface area contributed by atoms with E-state index < -0.39 is 0 Å². The number of aryl methyl sites for hydroxylation is 5. The highest BCUT2D eigenvalue weighted by Gasteiger charge is 2.27. The molecule has 10 rings (SSSR count). The maximum absolute atomic E-state index is 9.56. The van der Waals surface area contributed by atoms with Crippen LogP contribution in [0.15, 0.2) is 138 Å². The van der Waals surface area contributed by atoms with Gasteiger partial charge in [0.15, 0.2) is 23.0 Å². The average molecular weight is 1630 g/mol. The van der Waals surface area contributed by atoms with Gasteiger partial charge in [-0.1, -0.05) is 60.0 Å². The molecule has 5 aromatic carbocycles. The summed E-state index contributed by atoms with van der Waals surface area (Å²) in [6.45, 7) is 33.4. The molecule has 0 radical (unpaired) electrons. The molecule has 31 heteroatoms. The Labute approximate surface area is 704 Å². The SMILES string of the molecule is CCCc1c(C#N)c(CC)nn1-c1ccc(OC)cc1.CCOC(CC)=C(C#N)C#N.CCc1nn(-c2ccc(O)cc2)c(N(CC)CC)c1C#N.CCc1nn(-c2ccc(O)cc2)c(N(CC)CC)c1C(N)=NO.CCc1nn(-c2ccc(OC)cc2)c(N(CC)CC)c1C#N.CCc1nn(-c2ccc(OC)cc2)c(N)c1C#N.N#CCC#N. The number of nitrogen functional groups attached to an aromatic ring is 1. The number of nitriles is 8. The lowest BCUT2D eigenvalue weighted by Crippen LogP contribution is -2.28. The van der Waals surface area contributed by atoms with Gasteiger partial charge in [-0.3, -0.25) is 0 Å². The first kappa shape index (κ1) is 97.4. The van der Waals surface area contributed by atoms with Gasteiger partial charge in [0, 0.05) is 45.7 Å². The van der Waals surface area contributed by atoms with E-state index in [1.807, 2.05) is 144 Å². The monoisotopic (exact) mass is 1630 g/mol. The van der Waals surface area contributed by atoms with Gasteiger partial charge in [-0.15, -0.1) is 0 Å². The largest absolute Gasteiger partial charge is 0.508 e. The quantitative estimate of drug-likeness (QED) is 0.00759. The van der Waals surface area contributed by atoms with E-state index in [0.717, 1.165) is 162 Å². The van der Waals surface area contributed by atoms with E-state index in [4.69, 9.17) is 61.9 Å². The van der Waals surface area contributed by atoms with Gasteiger partial charge in [0.1, 0.15) is 106 Å². The van der Waals surface area contributed by atoms with Gasteiger partial charge in [-0.25, -0.2) is 23.4 Å². The molecule has 0 spiro atoms. The zero-order valence-corrected chi connectivity index (χ0v) is 71.8. The predicted octanol–water partition coefficient (Wildman–Crippen LogP) is 15.4. The fourth-order valence-corrected chi connectivity index (χ4v) is 12.3. The molecular formula is C89H110N24O7. The summed E-state index contributed by atoms with van der Waals surface area (Å²) in [6, 6.07) is 52.3. The molecular weight excluding hydrogens is 1520 g/mol. The van der Waals surface area contributed by atoms with Crippen molar-refractivity contribution >= 4 is 29.1 Å². The molecule has 120 heavy (non-hydrogen) atoms. The maximum atomic E-state index is 9.56. The van der Waals surface area contributed by atoms with Crippen LogP contribution >= 0.6 is 0 Å². The van der Waals surface area contributed by atoms with Gasteiger partial charge in [-0.2, -0.15) is 67.6 Å². The van der Waals surface area contributed by atoms with E-state index >= 15 is 0 Å². The summed E-state index contributed by atoms with van der Waals surface area (Å²) in [5.41, 5.74) is 24.4. The summed E-state index contributed by atoms with van der Waals surface area (Å²) >= 11 is 0. The Morgan fingerprint density at radius 1 is 0.417 bits per heavy atom. The number of benzene rings is 5. The van der Waals surface area contributed by atoms with E-state index in [2.05, 4.69) is 104 Å². The van der Waals surface area contributed by atoms with Crippen molar-refractivity contribution in [2.24, 2.45) is 10.9 Å². The van der Waals surface area contributed by atoms with E-state index in [-0.39, 0.29) is 29.3 Å². The molecule has 0 aliphatic heterocycles. The van der Waals surface area contributed by atoms with Crippen molar-refractivity contribution in [3.63, 3.8) is 0 Å².